The third-order valence-electron chi connectivity index (χ3n) is 6.15. The molecule has 1 aliphatic rings. The van der Waals surface area contributed by atoms with Crippen LogP contribution in [-0.2, 0) is 9.59 Å². The summed E-state index contributed by atoms with van der Waals surface area (Å²) in [5.41, 5.74) is 2.47. The summed E-state index contributed by atoms with van der Waals surface area (Å²) in [5.74, 6) is -0.815. The number of aliphatic hydroxyl groups is 1. The van der Waals surface area contributed by atoms with Crippen LogP contribution >= 0.6 is 0 Å². The Labute approximate surface area is 189 Å². The van der Waals surface area contributed by atoms with E-state index in [9.17, 15) is 14.7 Å². The molecule has 0 saturated carbocycles. The van der Waals surface area contributed by atoms with E-state index in [0.29, 0.717) is 11.3 Å². The van der Waals surface area contributed by atoms with Gasteiger partial charge in [-0.2, -0.15) is 0 Å². The fourth-order valence-corrected chi connectivity index (χ4v) is 4.68. The summed E-state index contributed by atoms with van der Waals surface area (Å²) in [7, 11) is 5.51. The van der Waals surface area contributed by atoms with Crippen LogP contribution in [0.3, 0.4) is 0 Å². The fraction of sp³-hybridized carbons (Fsp3) is 0.385. The van der Waals surface area contributed by atoms with Crippen molar-refractivity contribution >= 4 is 22.9 Å². The molecule has 3 rings (SSSR count). The van der Waals surface area contributed by atoms with Gasteiger partial charge in [-0.1, -0.05) is 12.1 Å². The second-order valence-electron chi connectivity index (χ2n) is 8.89. The van der Waals surface area contributed by atoms with Crippen LogP contribution in [0.4, 0.5) is 11.4 Å². The summed E-state index contributed by atoms with van der Waals surface area (Å²) < 4.78 is 5.22. The number of rotatable bonds is 7. The van der Waals surface area contributed by atoms with Gasteiger partial charge in [0.05, 0.1) is 18.6 Å². The molecule has 1 aliphatic carbocycles. The van der Waals surface area contributed by atoms with Crippen molar-refractivity contribution in [2.45, 2.75) is 38.7 Å². The smallest absolute Gasteiger partial charge is 0.158 e. The molecule has 2 aromatic carbocycles. The normalized spacial score (nSPS) is 23.0. The standard InChI is InChI=1S/C26H32N2O4/c1-16(29)23-22(27-19-9-13-21(32-6)14-10-19)15-26(3,31)25(17(2)30)24(23)18-7-11-20(12-8-18)28(4)5/h7-14,24-25,27,31H,15H2,1-6H3/t24-,25-,26+/m0/s1. The third kappa shape index (κ3) is 4.70. The number of carbonyl (C=O) groups is 2. The molecule has 0 unspecified atom stereocenters. The molecule has 0 amide bonds. The van der Waals surface area contributed by atoms with Gasteiger partial charge in [0.2, 0.25) is 0 Å². The first-order valence-corrected chi connectivity index (χ1v) is 10.7. The van der Waals surface area contributed by atoms with Gasteiger partial charge in [-0.3, -0.25) is 9.59 Å². The maximum Gasteiger partial charge on any atom is 0.158 e. The number of nitrogens with zero attached hydrogens (tertiary/aromatic N) is 1. The first-order valence-electron chi connectivity index (χ1n) is 10.7. The van der Waals surface area contributed by atoms with E-state index in [1.165, 1.54) is 13.8 Å². The molecule has 0 saturated heterocycles. The average molecular weight is 437 g/mol. The maximum atomic E-state index is 12.9. The lowest BCUT2D eigenvalue weighted by molar-refractivity contribution is -0.131. The van der Waals surface area contributed by atoms with Crippen LogP contribution in [0.15, 0.2) is 59.8 Å². The summed E-state index contributed by atoms with van der Waals surface area (Å²) in [6.45, 7) is 4.68. The monoisotopic (exact) mass is 436 g/mol. The molecule has 0 fully saturated rings. The molecule has 0 radical (unpaired) electrons. The van der Waals surface area contributed by atoms with Gasteiger partial charge < -0.3 is 20.1 Å². The van der Waals surface area contributed by atoms with Crippen LogP contribution in [0, 0.1) is 5.92 Å². The van der Waals surface area contributed by atoms with E-state index < -0.39 is 17.4 Å². The second kappa shape index (κ2) is 9.17. The van der Waals surface area contributed by atoms with E-state index in [0.717, 1.165) is 22.7 Å². The molecular weight excluding hydrogens is 404 g/mol. The zero-order valence-corrected chi connectivity index (χ0v) is 19.6. The minimum atomic E-state index is -1.32. The fourth-order valence-electron chi connectivity index (χ4n) is 4.68. The van der Waals surface area contributed by atoms with Gasteiger partial charge in [-0.05, 0) is 62.7 Å². The Hall–Kier alpha value is -3.12. The van der Waals surface area contributed by atoms with Gasteiger partial charge in [0.15, 0.2) is 5.78 Å². The van der Waals surface area contributed by atoms with Gasteiger partial charge in [0, 0.05) is 49.1 Å². The van der Waals surface area contributed by atoms with Gasteiger partial charge in [-0.15, -0.1) is 0 Å². The van der Waals surface area contributed by atoms with Gasteiger partial charge in [0.1, 0.15) is 11.5 Å². The van der Waals surface area contributed by atoms with Gasteiger partial charge >= 0.3 is 0 Å². The van der Waals surface area contributed by atoms with Crippen molar-refractivity contribution in [3.8, 4) is 5.75 Å². The number of methoxy groups -OCH3 is 1. The van der Waals surface area contributed by atoms with Crippen molar-refractivity contribution in [1.82, 2.24) is 0 Å². The minimum Gasteiger partial charge on any atom is -0.497 e. The van der Waals surface area contributed by atoms with Gasteiger partial charge in [-0.25, -0.2) is 0 Å². The first-order chi connectivity index (χ1) is 15.0. The van der Waals surface area contributed by atoms with E-state index in [1.807, 2.05) is 67.5 Å². The van der Waals surface area contributed by atoms with Crippen LogP contribution in [0.5, 0.6) is 5.75 Å². The van der Waals surface area contributed by atoms with Crippen molar-refractivity contribution < 1.29 is 19.4 Å². The number of anilines is 2. The Morgan fingerprint density at radius 1 is 1.06 bits per heavy atom. The van der Waals surface area contributed by atoms with Crippen molar-refractivity contribution in [1.29, 1.82) is 0 Å². The lowest BCUT2D eigenvalue weighted by Gasteiger charge is -2.43. The number of benzene rings is 2. The molecule has 32 heavy (non-hydrogen) atoms. The highest BCUT2D eigenvalue weighted by Crippen LogP contribution is 2.48. The number of hydrogen-bond acceptors (Lipinski definition) is 6. The highest BCUT2D eigenvalue weighted by atomic mass is 16.5. The molecular formula is C26H32N2O4. The lowest BCUT2D eigenvalue weighted by atomic mass is 9.64. The zero-order valence-electron chi connectivity index (χ0n) is 19.6. The highest BCUT2D eigenvalue weighted by molar-refractivity contribution is 5.98. The molecule has 6 heteroatoms. The third-order valence-corrected chi connectivity index (χ3v) is 6.15. The number of hydrogen-bond donors (Lipinski definition) is 2. The summed E-state index contributed by atoms with van der Waals surface area (Å²) in [6.07, 6.45) is 0.171. The van der Waals surface area contributed by atoms with Crippen LogP contribution in [-0.4, -0.2) is 43.5 Å². The van der Waals surface area contributed by atoms with E-state index in [2.05, 4.69) is 5.32 Å². The molecule has 0 heterocycles. The number of nitrogens with one attached hydrogen (secondary N) is 1. The molecule has 0 aromatic heterocycles. The van der Waals surface area contributed by atoms with Crippen LogP contribution in [0.1, 0.15) is 38.7 Å². The van der Waals surface area contributed by atoms with Crippen molar-refractivity contribution in [2.24, 2.45) is 5.92 Å². The molecule has 0 spiro atoms. The van der Waals surface area contributed by atoms with Crippen molar-refractivity contribution in [3.63, 3.8) is 0 Å². The van der Waals surface area contributed by atoms with E-state index in [4.69, 9.17) is 4.74 Å². The first kappa shape index (κ1) is 23.5. The Balaban J connectivity index is 2.15. The number of carbonyl (C=O) groups excluding carboxylic acids is 2. The Kier molecular flexibility index (Phi) is 6.74. The summed E-state index contributed by atoms with van der Waals surface area (Å²) >= 11 is 0. The molecule has 2 aromatic rings. The average Bonchev–Trinajstić information content (AvgIpc) is 2.72. The van der Waals surface area contributed by atoms with E-state index in [1.54, 1.807) is 14.0 Å². The zero-order chi connectivity index (χ0) is 23.6. The molecule has 170 valence electrons. The highest BCUT2D eigenvalue weighted by Gasteiger charge is 2.49. The van der Waals surface area contributed by atoms with E-state index in [-0.39, 0.29) is 18.0 Å². The predicted molar refractivity (Wildman–Crippen MR) is 127 cm³/mol. The summed E-state index contributed by atoms with van der Waals surface area (Å²) in [5, 5.41) is 14.7. The van der Waals surface area contributed by atoms with Crippen molar-refractivity contribution in [3.05, 3.63) is 65.4 Å². The second-order valence-corrected chi connectivity index (χ2v) is 8.89. The largest absolute Gasteiger partial charge is 0.497 e. The summed E-state index contributed by atoms with van der Waals surface area (Å²) in [6, 6.07) is 15.2. The predicted octanol–water partition coefficient (Wildman–Crippen LogP) is 4.16. The Bertz CT molecular complexity index is 1020. The molecule has 3 atom stereocenters. The molecule has 0 aliphatic heterocycles. The maximum absolute atomic E-state index is 12.9. The van der Waals surface area contributed by atoms with Crippen LogP contribution < -0.4 is 15.0 Å². The number of ether oxygens (including phenoxy) is 1. The SMILES string of the molecule is COc1ccc(NC2=C(C(C)=O)[C@H](c3ccc(N(C)C)cc3)[C@H](C(C)=O)[C@](C)(O)C2)cc1. The lowest BCUT2D eigenvalue weighted by Crippen LogP contribution is -2.48. The van der Waals surface area contributed by atoms with Crippen molar-refractivity contribution in [2.75, 3.05) is 31.4 Å². The van der Waals surface area contributed by atoms with Crippen LogP contribution in [0.25, 0.3) is 0 Å². The topological polar surface area (TPSA) is 78.9 Å². The number of allylic oxidation sites excluding steroid dienone is 1. The summed E-state index contributed by atoms with van der Waals surface area (Å²) in [4.78, 5) is 27.6. The van der Waals surface area contributed by atoms with Crippen LogP contribution in [0.2, 0.25) is 0 Å². The quantitative estimate of drug-likeness (QED) is 0.679. The molecule has 2 N–H and O–H groups in total. The Morgan fingerprint density at radius 3 is 2.12 bits per heavy atom. The molecule has 0 bridgehead atoms. The molecule has 6 nitrogen and oxygen atoms in total. The minimum absolute atomic E-state index is 0.121. The Morgan fingerprint density at radius 2 is 1.66 bits per heavy atom. The number of Topliss-reactive ketones (excluding diaryl/α,β-unsaturated/α-hetero) is 2. The van der Waals surface area contributed by atoms with E-state index >= 15 is 0 Å². The van der Waals surface area contributed by atoms with Gasteiger partial charge in [0.25, 0.3) is 0 Å². The number of ketones is 2.